The van der Waals surface area contributed by atoms with Crippen LogP contribution >= 0.6 is 0 Å². The molecule has 8 heteroatoms. The Morgan fingerprint density at radius 2 is 1.50 bits per heavy atom. The average Bonchev–Trinajstić information content (AvgIpc) is 2.96. The number of ether oxygens (including phenoxy) is 3. The fraction of sp³-hybridized carbons (Fsp3) is 0.333. The molecule has 0 aliphatic heterocycles. The highest BCUT2D eigenvalue weighted by atomic mass is 19.1. The van der Waals surface area contributed by atoms with Gasteiger partial charge in [-0.2, -0.15) is 0 Å². The monoisotopic (exact) mass is 523 g/mol. The van der Waals surface area contributed by atoms with Crippen molar-refractivity contribution >= 4 is 11.9 Å². The van der Waals surface area contributed by atoms with E-state index < -0.39 is 35.8 Å². The van der Waals surface area contributed by atoms with Crippen molar-refractivity contribution in [1.29, 1.82) is 0 Å². The molecule has 0 spiro atoms. The molecule has 3 aromatic carbocycles. The van der Waals surface area contributed by atoms with Crippen molar-refractivity contribution in [2.45, 2.75) is 31.4 Å². The third-order valence-electron chi connectivity index (χ3n) is 6.70. The molecule has 4 atom stereocenters. The number of halogens is 1. The second-order valence-corrected chi connectivity index (χ2v) is 9.10. The first-order valence-corrected chi connectivity index (χ1v) is 12.3. The zero-order valence-electron chi connectivity index (χ0n) is 22.0. The zero-order chi connectivity index (χ0) is 27.7. The summed E-state index contributed by atoms with van der Waals surface area (Å²) in [5, 5.41) is 11.0. The lowest BCUT2D eigenvalue weighted by Crippen LogP contribution is -2.44. The number of aliphatic hydroxyl groups excluding tert-OH is 1. The molecule has 3 aromatic rings. The van der Waals surface area contributed by atoms with E-state index in [0.29, 0.717) is 22.6 Å². The highest BCUT2D eigenvalue weighted by Gasteiger charge is 2.37. The van der Waals surface area contributed by atoms with Gasteiger partial charge in [0.2, 0.25) is 5.91 Å². The Kier molecular flexibility index (Phi) is 10.2. The lowest BCUT2D eigenvalue weighted by Gasteiger charge is -2.35. The second-order valence-electron chi connectivity index (χ2n) is 9.10. The van der Waals surface area contributed by atoms with Crippen LogP contribution in [0.25, 0.3) is 0 Å². The average molecular weight is 524 g/mol. The van der Waals surface area contributed by atoms with Gasteiger partial charge in [0.1, 0.15) is 17.3 Å². The first-order valence-electron chi connectivity index (χ1n) is 12.3. The maximum Gasteiger partial charge on any atom is 0.305 e. The first-order chi connectivity index (χ1) is 18.2. The number of amides is 1. The minimum atomic E-state index is -0.936. The molecule has 0 fully saturated rings. The zero-order valence-corrected chi connectivity index (χ0v) is 22.0. The molecule has 1 amide bonds. The number of nitrogens with zero attached hydrogens (tertiary/aromatic N) is 1. The van der Waals surface area contributed by atoms with Gasteiger partial charge in [-0.05, 0) is 54.4 Å². The van der Waals surface area contributed by atoms with Crippen LogP contribution in [0.5, 0.6) is 11.5 Å². The summed E-state index contributed by atoms with van der Waals surface area (Å²) in [4.78, 5) is 27.9. The molecule has 3 rings (SSSR count). The molecule has 0 radical (unpaired) electrons. The number of aliphatic hydroxyl groups is 1. The Hall–Kier alpha value is -3.91. The Morgan fingerprint density at radius 1 is 0.895 bits per heavy atom. The number of benzene rings is 3. The second kappa shape index (κ2) is 13.6. The van der Waals surface area contributed by atoms with Crippen LogP contribution in [0.2, 0.25) is 0 Å². The van der Waals surface area contributed by atoms with Crippen LogP contribution in [0.15, 0.2) is 78.9 Å². The van der Waals surface area contributed by atoms with E-state index in [0.717, 1.165) is 0 Å². The Labute approximate surface area is 222 Å². The van der Waals surface area contributed by atoms with Crippen molar-refractivity contribution in [1.82, 2.24) is 4.90 Å². The largest absolute Gasteiger partial charge is 0.497 e. The van der Waals surface area contributed by atoms with Crippen LogP contribution in [0.3, 0.4) is 0 Å². The predicted molar refractivity (Wildman–Crippen MR) is 141 cm³/mol. The van der Waals surface area contributed by atoms with Gasteiger partial charge in [0, 0.05) is 13.0 Å². The normalized spacial score (nSPS) is 14.1. The van der Waals surface area contributed by atoms with E-state index in [2.05, 4.69) is 0 Å². The molecule has 0 bridgehead atoms. The van der Waals surface area contributed by atoms with E-state index in [-0.39, 0.29) is 18.9 Å². The summed E-state index contributed by atoms with van der Waals surface area (Å²) in [7, 11) is 4.45. The Bertz CT molecular complexity index is 1170. The van der Waals surface area contributed by atoms with Crippen LogP contribution in [-0.2, 0) is 14.3 Å². The molecule has 0 heterocycles. The van der Waals surface area contributed by atoms with Crippen molar-refractivity contribution in [3.8, 4) is 11.5 Å². The van der Waals surface area contributed by atoms with Crippen LogP contribution < -0.4 is 9.47 Å². The molecule has 0 saturated heterocycles. The van der Waals surface area contributed by atoms with E-state index in [9.17, 15) is 19.1 Å². The molecule has 0 aliphatic carbocycles. The number of hydrogen-bond donors (Lipinski definition) is 1. The standard InChI is InChI=1S/C30H34FNO6/c1-20(29(34)22-8-6-5-7-9-22)32(2)30(35)28(21-10-12-24(31)13-11-21)23(18-27(33)37-4)19-38-26-16-14-25(36-3)15-17-26/h5-17,20,23,28-29,34H,18-19H2,1-4H3/t20-,23+,28+,29+/m1/s1. The number of rotatable bonds is 12. The van der Waals surface area contributed by atoms with Gasteiger partial charge in [0.15, 0.2) is 0 Å². The van der Waals surface area contributed by atoms with E-state index in [1.54, 1.807) is 57.5 Å². The first kappa shape index (κ1) is 28.7. The predicted octanol–water partition coefficient (Wildman–Crippen LogP) is 4.76. The van der Waals surface area contributed by atoms with Gasteiger partial charge in [-0.1, -0.05) is 42.5 Å². The highest BCUT2D eigenvalue weighted by Crippen LogP contribution is 2.33. The topological polar surface area (TPSA) is 85.3 Å². The van der Waals surface area contributed by atoms with Gasteiger partial charge >= 0.3 is 5.97 Å². The van der Waals surface area contributed by atoms with Crippen molar-refractivity contribution in [2.24, 2.45) is 5.92 Å². The summed E-state index contributed by atoms with van der Waals surface area (Å²) in [5.74, 6) is -1.61. The molecule has 7 nitrogen and oxygen atoms in total. The third kappa shape index (κ3) is 7.32. The van der Waals surface area contributed by atoms with Crippen molar-refractivity contribution < 1.29 is 33.3 Å². The van der Waals surface area contributed by atoms with Crippen LogP contribution in [-0.4, -0.2) is 55.8 Å². The molecular weight excluding hydrogens is 489 g/mol. The lowest BCUT2D eigenvalue weighted by molar-refractivity contribution is -0.143. The van der Waals surface area contributed by atoms with Crippen LogP contribution in [0.1, 0.15) is 36.5 Å². The van der Waals surface area contributed by atoms with Crippen molar-refractivity contribution in [3.05, 3.63) is 95.8 Å². The molecule has 0 aliphatic rings. The molecule has 38 heavy (non-hydrogen) atoms. The Balaban J connectivity index is 1.93. The summed E-state index contributed by atoms with van der Waals surface area (Å²) in [6, 6.07) is 21.0. The lowest BCUT2D eigenvalue weighted by atomic mass is 9.82. The number of methoxy groups -OCH3 is 2. The highest BCUT2D eigenvalue weighted by molar-refractivity contribution is 5.85. The molecule has 0 aromatic heterocycles. The van der Waals surface area contributed by atoms with Crippen LogP contribution in [0.4, 0.5) is 4.39 Å². The van der Waals surface area contributed by atoms with E-state index in [4.69, 9.17) is 14.2 Å². The van der Waals surface area contributed by atoms with E-state index >= 15 is 0 Å². The summed E-state index contributed by atoms with van der Waals surface area (Å²) in [6.45, 7) is 1.76. The Morgan fingerprint density at radius 3 is 2.08 bits per heavy atom. The summed E-state index contributed by atoms with van der Waals surface area (Å²) < 4.78 is 29.9. The van der Waals surface area contributed by atoms with E-state index in [1.165, 1.54) is 36.3 Å². The minimum Gasteiger partial charge on any atom is -0.497 e. The molecule has 0 unspecified atom stereocenters. The van der Waals surface area contributed by atoms with Gasteiger partial charge in [-0.25, -0.2) is 4.39 Å². The fourth-order valence-electron chi connectivity index (χ4n) is 4.29. The number of carbonyl (C=O) groups excluding carboxylic acids is 2. The maximum absolute atomic E-state index is 14.0. The quantitative estimate of drug-likeness (QED) is 0.345. The van der Waals surface area contributed by atoms with Gasteiger partial charge in [0.05, 0.1) is 45.3 Å². The SMILES string of the molecule is COC(=O)C[C@@H](COc1ccc(OC)cc1)[C@@H](C(=O)N(C)[C@H](C)[C@H](O)c1ccccc1)c1ccc(F)cc1. The summed E-state index contributed by atoms with van der Waals surface area (Å²) in [6.07, 6.45) is -1.04. The van der Waals surface area contributed by atoms with E-state index in [1.807, 2.05) is 18.2 Å². The number of hydrogen-bond acceptors (Lipinski definition) is 6. The third-order valence-corrected chi connectivity index (χ3v) is 6.70. The number of likely N-dealkylation sites (N-methyl/N-ethyl adjacent to an activating group) is 1. The molecule has 0 saturated carbocycles. The van der Waals surface area contributed by atoms with Gasteiger partial charge in [-0.3, -0.25) is 9.59 Å². The fourth-order valence-corrected chi connectivity index (χ4v) is 4.29. The summed E-state index contributed by atoms with van der Waals surface area (Å²) in [5.41, 5.74) is 1.20. The van der Waals surface area contributed by atoms with Gasteiger partial charge in [-0.15, -0.1) is 0 Å². The smallest absolute Gasteiger partial charge is 0.305 e. The van der Waals surface area contributed by atoms with Crippen molar-refractivity contribution in [2.75, 3.05) is 27.9 Å². The minimum absolute atomic E-state index is 0.0126. The molecule has 1 N–H and O–H groups in total. The van der Waals surface area contributed by atoms with Crippen LogP contribution in [0, 0.1) is 11.7 Å². The number of carbonyl (C=O) groups is 2. The van der Waals surface area contributed by atoms with Crippen molar-refractivity contribution in [3.63, 3.8) is 0 Å². The maximum atomic E-state index is 14.0. The summed E-state index contributed by atoms with van der Waals surface area (Å²) >= 11 is 0. The molecular formula is C30H34FNO6. The number of esters is 1. The van der Waals surface area contributed by atoms with Gasteiger partial charge in [0.25, 0.3) is 0 Å². The molecule has 202 valence electrons. The van der Waals surface area contributed by atoms with Gasteiger partial charge < -0.3 is 24.2 Å².